The maximum atomic E-state index is 7.66. The van der Waals surface area contributed by atoms with Crippen LogP contribution >= 0.6 is 0 Å². The number of hydrogen-bond donors (Lipinski definition) is 1. The van der Waals surface area contributed by atoms with Crippen LogP contribution < -0.4 is 5.31 Å². The summed E-state index contributed by atoms with van der Waals surface area (Å²) in [5.41, 5.74) is 0. The van der Waals surface area contributed by atoms with Gasteiger partial charge in [-0.1, -0.05) is 0 Å². The molecule has 78 valence electrons. The molecule has 1 heterocycles. The fourth-order valence-electron chi connectivity index (χ4n) is 1.36. The minimum atomic E-state index is 0.620. The molecule has 1 aliphatic rings. The molecule has 0 aromatic rings. The summed E-state index contributed by atoms with van der Waals surface area (Å²) >= 11 is 0. The van der Waals surface area contributed by atoms with Gasteiger partial charge >= 0.3 is 0 Å². The van der Waals surface area contributed by atoms with Gasteiger partial charge < -0.3 is 19.7 Å². The molecule has 0 unspecified atom stereocenters. The molecule has 15 heavy (non-hydrogen) atoms. The van der Waals surface area contributed by atoms with Crippen LogP contribution in [0.4, 0.5) is 0 Å². The molecule has 1 fully saturated rings. The van der Waals surface area contributed by atoms with E-state index in [1.165, 1.54) is 5.31 Å². The summed E-state index contributed by atoms with van der Waals surface area (Å²) in [6.45, 7) is 5.40. The Hall–Kier alpha value is 0.0348. The lowest BCUT2D eigenvalue weighted by atomic mass is 10.2. The molecule has 7 heteroatoms. The van der Waals surface area contributed by atoms with Gasteiger partial charge in [0.2, 0.25) is 0 Å². The van der Waals surface area contributed by atoms with E-state index in [-0.39, 0.29) is 0 Å². The Morgan fingerprint density at radius 2 is 1.07 bits per heavy atom. The number of nitrogens with zero attached hydrogens (tertiary/aromatic N) is 3. The van der Waals surface area contributed by atoms with Gasteiger partial charge in [-0.25, -0.2) is 0 Å². The molecular formula is C8H17B3N4. The Morgan fingerprint density at radius 3 is 1.47 bits per heavy atom. The predicted octanol–water partition coefficient (Wildman–Crippen LogP) is -2.25. The fourth-order valence-corrected chi connectivity index (χ4v) is 1.36. The summed E-state index contributed by atoms with van der Waals surface area (Å²) in [5.74, 6) is 0. The lowest BCUT2D eigenvalue weighted by Crippen LogP contribution is -2.42. The maximum Gasteiger partial charge on any atom is 0.182 e. The van der Waals surface area contributed by atoms with Gasteiger partial charge in [0.05, 0.1) is 0 Å². The molecule has 6 radical (unpaired) electrons. The second kappa shape index (κ2) is 7.33. The molecule has 0 saturated carbocycles. The second-order valence-electron chi connectivity index (χ2n) is 3.78. The van der Waals surface area contributed by atoms with Crippen molar-refractivity contribution in [2.45, 2.75) is 0 Å². The minimum absolute atomic E-state index is 0.620. The molecular weight excluding hydrogens is 185 g/mol. The highest BCUT2D eigenvalue weighted by Gasteiger charge is 2.05. The molecule has 0 aliphatic carbocycles. The van der Waals surface area contributed by atoms with Gasteiger partial charge in [0.15, 0.2) is 23.9 Å². The highest BCUT2D eigenvalue weighted by Crippen LogP contribution is 1.89. The fraction of sp³-hybridized carbons (Fsp3) is 1.00. The number of rotatable bonds is 0. The van der Waals surface area contributed by atoms with Crippen LogP contribution in [0.5, 0.6) is 0 Å². The van der Waals surface area contributed by atoms with E-state index >= 15 is 0 Å². The third-order valence-electron chi connectivity index (χ3n) is 2.44. The average Bonchev–Trinajstić information content (AvgIpc) is 2.27. The third-order valence-corrected chi connectivity index (χ3v) is 2.44. The van der Waals surface area contributed by atoms with E-state index in [0.717, 1.165) is 0 Å². The van der Waals surface area contributed by atoms with E-state index in [1.807, 2.05) is 0 Å². The Balaban J connectivity index is 2.39. The zero-order valence-electron chi connectivity index (χ0n) is 10.2. The lowest BCUT2D eigenvalue weighted by Gasteiger charge is -2.27. The largest absolute Gasteiger partial charge is 0.351 e. The number of nitrogens with one attached hydrogen (secondary N) is 1. The molecule has 0 atom stereocenters. The minimum Gasteiger partial charge on any atom is -0.351 e. The maximum absolute atomic E-state index is 7.66. The molecule has 1 rings (SSSR count). The summed E-state index contributed by atoms with van der Waals surface area (Å²) in [6.07, 6.45) is 0. The quantitative estimate of drug-likeness (QED) is 0.448. The van der Waals surface area contributed by atoms with E-state index in [9.17, 15) is 0 Å². The highest BCUT2D eigenvalue weighted by atomic mass is 15.2. The average molecular weight is 203 g/mol. The Morgan fingerprint density at radius 1 is 0.733 bits per heavy atom. The first kappa shape index (κ1) is 11.5. The van der Waals surface area contributed by atoms with E-state index in [0.29, 0.717) is 52.4 Å². The van der Waals surface area contributed by atoms with Gasteiger partial charge in [0, 0.05) is 13.1 Å². The first-order chi connectivity index (χ1) is 7.58. The standard InChI is InChI=1S/C8H17B3N4/c9-13-3-1-12-2-4-14(10)6-8-15(11)7-5-13/h12H,1-8H2/i/hD. The van der Waals surface area contributed by atoms with Crippen LogP contribution in [-0.2, 0) is 0 Å². The van der Waals surface area contributed by atoms with E-state index in [4.69, 9.17) is 25.4 Å². The molecule has 0 amide bonds. The van der Waals surface area contributed by atoms with Gasteiger partial charge in [0.25, 0.3) is 0 Å². The molecule has 1 N–H and O–H groups in total. The first-order valence-electron chi connectivity index (χ1n) is 5.75. The first-order valence-corrected chi connectivity index (χ1v) is 5.30. The molecule has 0 aromatic heterocycles. The normalized spacial score (nSPS) is 27.9. The van der Waals surface area contributed by atoms with E-state index in [2.05, 4.69) is 0 Å². The summed E-state index contributed by atoms with van der Waals surface area (Å²) in [7, 11) is 17.3. The van der Waals surface area contributed by atoms with Crippen molar-refractivity contribution >= 4 is 23.9 Å². The highest BCUT2D eigenvalue weighted by molar-refractivity contribution is 6.05. The van der Waals surface area contributed by atoms with Crippen molar-refractivity contribution in [2.24, 2.45) is 0 Å². The molecule has 4 nitrogen and oxygen atoms in total. The van der Waals surface area contributed by atoms with Gasteiger partial charge in [0.1, 0.15) is 1.41 Å². The number of hydrogen-bond acceptors (Lipinski definition) is 4. The van der Waals surface area contributed by atoms with Gasteiger partial charge in [-0.3, -0.25) is 0 Å². The van der Waals surface area contributed by atoms with Crippen molar-refractivity contribution in [1.29, 1.82) is 0 Å². The van der Waals surface area contributed by atoms with Gasteiger partial charge in [-0.2, -0.15) is 0 Å². The van der Waals surface area contributed by atoms with E-state index < -0.39 is 0 Å². The predicted molar refractivity (Wildman–Crippen MR) is 64.9 cm³/mol. The van der Waals surface area contributed by atoms with Crippen LogP contribution in [-0.4, -0.2) is 90.7 Å². The van der Waals surface area contributed by atoms with Gasteiger partial charge in [-0.15, -0.1) is 0 Å². The zero-order chi connectivity index (χ0) is 12.0. The van der Waals surface area contributed by atoms with Crippen LogP contribution in [0, 0.1) is 0 Å². The molecule has 0 spiro atoms. The Labute approximate surface area is 98.1 Å². The topological polar surface area (TPSA) is 21.8 Å². The van der Waals surface area contributed by atoms with Crippen LogP contribution in [0.15, 0.2) is 0 Å². The van der Waals surface area contributed by atoms with Crippen molar-refractivity contribution in [3.05, 3.63) is 0 Å². The monoisotopic (exact) mass is 203 g/mol. The van der Waals surface area contributed by atoms with Crippen molar-refractivity contribution in [3.63, 3.8) is 0 Å². The summed E-state index contributed by atoms with van der Waals surface area (Å²) in [5, 5.41) is 1.49. The van der Waals surface area contributed by atoms with Crippen LogP contribution in [0.2, 0.25) is 1.41 Å². The summed E-state index contributed by atoms with van der Waals surface area (Å²) in [6, 6.07) is 0. The lowest BCUT2D eigenvalue weighted by molar-refractivity contribution is 0.324. The van der Waals surface area contributed by atoms with Crippen molar-refractivity contribution in [3.8, 4) is 0 Å². The third kappa shape index (κ3) is 6.25. The van der Waals surface area contributed by atoms with Gasteiger partial charge in [-0.05, 0) is 39.3 Å². The van der Waals surface area contributed by atoms with Crippen molar-refractivity contribution < 1.29 is 1.41 Å². The van der Waals surface area contributed by atoms with Crippen LogP contribution in [0.1, 0.15) is 0 Å². The molecule has 1 aliphatic heterocycles. The van der Waals surface area contributed by atoms with Crippen molar-refractivity contribution in [1.82, 2.24) is 19.7 Å². The molecule has 0 aromatic carbocycles. The molecule has 1 saturated heterocycles. The Kier molecular flexibility index (Phi) is 5.63. The SMILES string of the molecule is [2H]N1CCN([B])CCN([B])CCN([B])CC1. The molecule has 0 bridgehead atoms. The summed E-state index contributed by atoms with van der Waals surface area (Å²) in [4.78, 5) is 5.12. The summed E-state index contributed by atoms with van der Waals surface area (Å²) < 4.78 is 7.66. The Bertz CT molecular complexity index is 144. The van der Waals surface area contributed by atoms with Crippen molar-refractivity contribution in [2.75, 3.05) is 52.4 Å². The van der Waals surface area contributed by atoms with Crippen LogP contribution in [0.3, 0.4) is 0 Å². The van der Waals surface area contributed by atoms with E-state index in [1.54, 1.807) is 14.4 Å². The zero-order valence-corrected chi connectivity index (χ0v) is 9.18. The second-order valence-corrected chi connectivity index (χ2v) is 3.78. The smallest absolute Gasteiger partial charge is 0.182 e. The van der Waals surface area contributed by atoms with Crippen LogP contribution in [0.25, 0.3) is 0 Å².